The van der Waals surface area contributed by atoms with Gasteiger partial charge in [-0.05, 0) is 37.8 Å². The minimum Gasteiger partial charge on any atom is -0.481 e. The molecule has 3 N–H and O–H groups in total. The van der Waals surface area contributed by atoms with Gasteiger partial charge in [-0.3, -0.25) is 9.59 Å². The molecule has 0 radical (unpaired) electrons. The monoisotopic (exact) mass is 321 g/mol. The lowest BCUT2D eigenvalue weighted by Crippen LogP contribution is -2.40. The molecule has 23 heavy (non-hydrogen) atoms. The Kier molecular flexibility index (Phi) is 6.34. The number of anilines is 2. The van der Waals surface area contributed by atoms with Crippen LogP contribution >= 0.6 is 0 Å². The smallest absolute Gasteiger partial charge is 0.303 e. The van der Waals surface area contributed by atoms with E-state index in [1.54, 1.807) is 12.3 Å². The van der Waals surface area contributed by atoms with Gasteiger partial charge in [-0.2, -0.15) is 0 Å². The number of hydrogen-bond acceptors (Lipinski definition) is 5. The Hall–Kier alpha value is -2.15. The highest BCUT2D eigenvalue weighted by atomic mass is 16.4. The molecule has 1 aliphatic rings. The molecule has 7 nitrogen and oxygen atoms in total. The lowest BCUT2D eigenvalue weighted by Gasteiger charge is -2.36. The topological polar surface area (TPSA) is 103 Å². The second-order valence-corrected chi connectivity index (χ2v) is 5.70. The molecule has 2 heterocycles. The van der Waals surface area contributed by atoms with E-state index in [4.69, 9.17) is 5.11 Å². The molecule has 0 bridgehead atoms. The Morgan fingerprint density at radius 2 is 2.13 bits per heavy atom. The van der Waals surface area contributed by atoms with Crippen LogP contribution in [0.4, 0.5) is 11.5 Å². The fourth-order valence-electron chi connectivity index (χ4n) is 2.83. The van der Waals surface area contributed by atoms with E-state index < -0.39 is 5.97 Å². The Balaban J connectivity index is 1.95. The van der Waals surface area contributed by atoms with Crippen molar-refractivity contribution in [3.05, 3.63) is 18.3 Å². The number of aliphatic hydroxyl groups excluding tert-OH is 1. The van der Waals surface area contributed by atoms with Crippen LogP contribution in [0.5, 0.6) is 0 Å². The van der Waals surface area contributed by atoms with Crippen molar-refractivity contribution >= 4 is 23.4 Å². The fraction of sp³-hybridized carbons (Fsp3) is 0.562. The van der Waals surface area contributed by atoms with E-state index >= 15 is 0 Å². The van der Waals surface area contributed by atoms with Crippen LogP contribution in [0.15, 0.2) is 18.3 Å². The highest BCUT2D eigenvalue weighted by Gasteiger charge is 2.22. The van der Waals surface area contributed by atoms with Gasteiger partial charge in [0.1, 0.15) is 5.82 Å². The van der Waals surface area contributed by atoms with Gasteiger partial charge in [-0.25, -0.2) is 4.98 Å². The summed E-state index contributed by atoms with van der Waals surface area (Å²) in [5, 5.41) is 20.4. The first kappa shape index (κ1) is 17.2. The van der Waals surface area contributed by atoms with E-state index in [0.29, 0.717) is 11.7 Å². The zero-order chi connectivity index (χ0) is 16.7. The zero-order valence-corrected chi connectivity index (χ0v) is 13.1. The molecule has 1 aromatic heterocycles. The molecular formula is C16H23N3O4. The summed E-state index contributed by atoms with van der Waals surface area (Å²) in [5.74, 6) is -0.488. The van der Waals surface area contributed by atoms with Crippen molar-refractivity contribution in [2.24, 2.45) is 0 Å². The molecule has 1 fully saturated rings. The van der Waals surface area contributed by atoms with E-state index in [1.165, 1.54) is 6.42 Å². The lowest BCUT2D eigenvalue weighted by molar-refractivity contribution is -0.138. The van der Waals surface area contributed by atoms with Crippen LogP contribution in [-0.4, -0.2) is 46.3 Å². The molecule has 0 saturated carbocycles. The third kappa shape index (κ3) is 5.21. The normalized spacial score (nSPS) is 17.8. The zero-order valence-electron chi connectivity index (χ0n) is 13.1. The first-order chi connectivity index (χ1) is 11.1. The summed E-state index contributed by atoms with van der Waals surface area (Å²) in [6.07, 6.45) is 5.40. The van der Waals surface area contributed by atoms with E-state index in [1.807, 2.05) is 6.07 Å². The molecule has 126 valence electrons. The molecule has 0 aliphatic carbocycles. The van der Waals surface area contributed by atoms with Gasteiger partial charge in [-0.15, -0.1) is 0 Å². The number of nitrogens with one attached hydrogen (secondary N) is 1. The third-order valence-corrected chi connectivity index (χ3v) is 3.98. The lowest BCUT2D eigenvalue weighted by atomic mass is 9.99. The minimum absolute atomic E-state index is 0.0538. The Labute approximate surface area is 135 Å². The summed E-state index contributed by atoms with van der Waals surface area (Å²) >= 11 is 0. The Bertz CT molecular complexity index is 531. The average Bonchev–Trinajstić information content (AvgIpc) is 2.55. The predicted octanol–water partition coefficient (Wildman–Crippen LogP) is 1.63. The molecule has 1 atom stereocenters. The number of piperidine rings is 1. The highest BCUT2D eigenvalue weighted by molar-refractivity contribution is 5.92. The summed E-state index contributed by atoms with van der Waals surface area (Å²) in [4.78, 5) is 28.6. The van der Waals surface area contributed by atoms with Crippen LogP contribution in [0.25, 0.3) is 0 Å². The quantitative estimate of drug-likeness (QED) is 0.705. The molecule has 1 aromatic rings. The third-order valence-electron chi connectivity index (χ3n) is 3.98. The van der Waals surface area contributed by atoms with Gasteiger partial charge in [0.15, 0.2) is 0 Å². The number of aliphatic carboxylic acids is 1. The summed E-state index contributed by atoms with van der Waals surface area (Å²) in [5.41, 5.74) is 0.555. The molecule has 1 saturated heterocycles. The fourth-order valence-corrected chi connectivity index (χ4v) is 2.83. The van der Waals surface area contributed by atoms with Crippen molar-refractivity contribution in [2.45, 2.75) is 44.6 Å². The van der Waals surface area contributed by atoms with Gasteiger partial charge in [0, 0.05) is 25.6 Å². The largest absolute Gasteiger partial charge is 0.481 e. The molecule has 1 aliphatic heterocycles. The average molecular weight is 321 g/mol. The van der Waals surface area contributed by atoms with Gasteiger partial charge in [-0.1, -0.05) is 0 Å². The second-order valence-electron chi connectivity index (χ2n) is 5.70. The second kappa shape index (κ2) is 8.47. The summed E-state index contributed by atoms with van der Waals surface area (Å²) in [6.45, 7) is 1.08. The van der Waals surface area contributed by atoms with Gasteiger partial charge in [0.05, 0.1) is 18.3 Å². The number of hydrogen-bond donors (Lipinski definition) is 3. The van der Waals surface area contributed by atoms with E-state index in [2.05, 4.69) is 15.2 Å². The minimum atomic E-state index is -0.992. The van der Waals surface area contributed by atoms with E-state index in [0.717, 1.165) is 31.6 Å². The Morgan fingerprint density at radius 3 is 2.78 bits per heavy atom. The SMILES string of the molecule is O=C(O)CCC(=O)Nc1ccc(N2CCCCC2CCO)nc1. The molecule has 0 aromatic carbocycles. The van der Waals surface area contributed by atoms with Gasteiger partial charge >= 0.3 is 5.97 Å². The van der Waals surface area contributed by atoms with Crippen molar-refractivity contribution in [2.75, 3.05) is 23.4 Å². The molecule has 0 spiro atoms. The van der Waals surface area contributed by atoms with E-state index in [9.17, 15) is 14.7 Å². The van der Waals surface area contributed by atoms with Gasteiger partial charge in [0.25, 0.3) is 0 Å². The van der Waals surface area contributed by atoms with Crippen LogP contribution in [0, 0.1) is 0 Å². The number of carbonyl (C=O) groups excluding carboxylic acids is 1. The maximum Gasteiger partial charge on any atom is 0.303 e. The number of aromatic nitrogens is 1. The standard InChI is InChI=1S/C16H23N3O4/c20-10-8-13-3-1-2-9-19(13)14-5-4-12(11-17-14)18-15(21)6-7-16(22)23/h4-5,11,13,20H,1-3,6-10H2,(H,18,21)(H,22,23). The maximum absolute atomic E-state index is 11.6. The molecule has 1 amide bonds. The molecule has 7 heteroatoms. The molecular weight excluding hydrogens is 298 g/mol. The van der Waals surface area contributed by atoms with Crippen molar-refractivity contribution in [3.8, 4) is 0 Å². The predicted molar refractivity (Wildman–Crippen MR) is 86.4 cm³/mol. The van der Waals surface area contributed by atoms with Gasteiger partial charge < -0.3 is 20.4 Å². The summed E-state index contributed by atoms with van der Waals surface area (Å²) in [7, 11) is 0. The maximum atomic E-state index is 11.6. The van der Waals surface area contributed by atoms with E-state index in [-0.39, 0.29) is 25.4 Å². The number of amides is 1. The molecule has 2 rings (SSSR count). The van der Waals surface area contributed by atoms with Crippen LogP contribution in [0.3, 0.4) is 0 Å². The van der Waals surface area contributed by atoms with Crippen molar-refractivity contribution in [1.29, 1.82) is 0 Å². The first-order valence-electron chi connectivity index (χ1n) is 7.95. The van der Waals surface area contributed by atoms with Crippen molar-refractivity contribution in [3.63, 3.8) is 0 Å². The van der Waals surface area contributed by atoms with Gasteiger partial charge in [0.2, 0.25) is 5.91 Å². The highest BCUT2D eigenvalue weighted by Crippen LogP contribution is 2.25. The number of nitrogens with zero attached hydrogens (tertiary/aromatic N) is 2. The number of carboxylic acid groups (broad SMARTS) is 1. The number of carboxylic acids is 1. The van der Waals surface area contributed by atoms with Crippen LogP contribution in [0.1, 0.15) is 38.5 Å². The number of aliphatic hydroxyl groups is 1. The number of carbonyl (C=O) groups is 2. The first-order valence-corrected chi connectivity index (χ1v) is 7.95. The summed E-state index contributed by atoms with van der Waals surface area (Å²) in [6, 6.07) is 3.92. The summed E-state index contributed by atoms with van der Waals surface area (Å²) < 4.78 is 0. The van der Waals surface area contributed by atoms with Crippen LogP contribution in [0.2, 0.25) is 0 Å². The number of rotatable bonds is 7. The number of pyridine rings is 1. The van der Waals surface area contributed by atoms with Crippen molar-refractivity contribution < 1.29 is 19.8 Å². The molecule has 1 unspecified atom stereocenters. The van der Waals surface area contributed by atoms with Crippen molar-refractivity contribution in [1.82, 2.24) is 4.98 Å². The van der Waals surface area contributed by atoms with Crippen LogP contribution in [-0.2, 0) is 9.59 Å². The van der Waals surface area contributed by atoms with Crippen LogP contribution < -0.4 is 10.2 Å². The Morgan fingerprint density at radius 1 is 1.30 bits per heavy atom.